The van der Waals surface area contributed by atoms with Gasteiger partial charge in [0.1, 0.15) is 6.54 Å². The monoisotopic (exact) mass is 259 g/mol. The van der Waals surface area contributed by atoms with Crippen molar-refractivity contribution in [2.24, 2.45) is 0 Å². The molecule has 0 atom stereocenters. The van der Waals surface area contributed by atoms with Crippen molar-refractivity contribution in [3.63, 3.8) is 0 Å². The number of hydrogen-bond donors (Lipinski definition) is 0. The average molecular weight is 259 g/mol. The molecule has 0 saturated heterocycles. The normalized spacial score (nSPS) is 10.1. The van der Waals surface area contributed by atoms with Crippen molar-refractivity contribution in [3.05, 3.63) is 0 Å². The van der Waals surface area contributed by atoms with Gasteiger partial charge in [0.05, 0.1) is 12.7 Å². The fourth-order valence-electron chi connectivity index (χ4n) is 1.28. The molecule has 0 aliphatic rings. The first-order chi connectivity index (χ1) is 8.32. The van der Waals surface area contributed by atoms with E-state index in [4.69, 9.17) is 9.47 Å². The van der Waals surface area contributed by atoms with E-state index < -0.39 is 5.97 Å². The van der Waals surface area contributed by atoms with E-state index in [1.54, 1.807) is 13.8 Å². The number of carbonyl (C=O) groups is 3. The topological polar surface area (TPSA) is 72.9 Å². The molecule has 0 rings (SSSR count). The predicted octanol–water partition coefficient (Wildman–Crippen LogP) is 0.740. The highest BCUT2D eigenvalue weighted by molar-refractivity contribution is 5.80. The number of rotatable bonds is 7. The number of hydrogen-bond acceptors (Lipinski definition) is 5. The zero-order valence-electron chi connectivity index (χ0n) is 11.4. The van der Waals surface area contributed by atoms with Gasteiger partial charge >= 0.3 is 11.9 Å². The molecule has 0 spiro atoms. The van der Waals surface area contributed by atoms with Crippen LogP contribution < -0.4 is 0 Å². The van der Waals surface area contributed by atoms with E-state index >= 15 is 0 Å². The predicted molar refractivity (Wildman–Crippen MR) is 64.7 cm³/mol. The summed E-state index contributed by atoms with van der Waals surface area (Å²) in [5.74, 6) is -1.00. The maximum atomic E-state index is 11.4. The van der Waals surface area contributed by atoms with E-state index in [0.717, 1.165) is 0 Å². The quantitative estimate of drug-likeness (QED) is 0.498. The van der Waals surface area contributed by atoms with Crippen molar-refractivity contribution in [3.8, 4) is 0 Å². The van der Waals surface area contributed by atoms with Crippen LogP contribution in [0.1, 0.15) is 34.1 Å². The molecule has 0 radical (unpaired) electrons. The minimum absolute atomic E-state index is 0.0758. The second kappa shape index (κ2) is 8.49. The van der Waals surface area contributed by atoms with Crippen LogP contribution in [-0.2, 0) is 23.9 Å². The van der Waals surface area contributed by atoms with E-state index in [0.29, 0.717) is 13.0 Å². The average Bonchev–Trinajstić information content (AvgIpc) is 2.20. The third kappa shape index (κ3) is 8.55. The Morgan fingerprint density at radius 2 is 1.78 bits per heavy atom. The van der Waals surface area contributed by atoms with Gasteiger partial charge < -0.3 is 14.4 Å². The second-order valence-electron chi connectivity index (χ2n) is 4.17. The molecule has 0 bridgehead atoms. The van der Waals surface area contributed by atoms with Crippen LogP contribution in [0.3, 0.4) is 0 Å². The minimum Gasteiger partial charge on any atom is -0.466 e. The molecular weight excluding hydrogens is 238 g/mol. The molecule has 0 aliphatic heterocycles. The molecule has 6 heteroatoms. The Hall–Kier alpha value is -1.59. The summed E-state index contributed by atoms with van der Waals surface area (Å²) in [6.45, 7) is 6.71. The van der Waals surface area contributed by atoms with Crippen LogP contribution in [0, 0.1) is 0 Å². The van der Waals surface area contributed by atoms with Crippen LogP contribution in [0.4, 0.5) is 0 Å². The van der Waals surface area contributed by atoms with Crippen LogP contribution in [0.5, 0.6) is 0 Å². The third-order valence-corrected chi connectivity index (χ3v) is 2.01. The van der Waals surface area contributed by atoms with E-state index in [1.807, 2.05) is 0 Å². The molecule has 0 unspecified atom stereocenters. The minimum atomic E-state index is -0.437. The molecular formula is C12H21NO5. The molecule has 0 N–H and O–H groups in total. The summed E-state index contributed by atoms with van der Waals surface area (Å²) in [6.07, 6.45) is 0.293. The van der Waals surface area contributed by atoms with E-state index in [2.05, 4.69) is 0 Å². The van der Waals surface area contributed by atoms with Gasteiger partial charge in [-0.15, -0.1) is 0 Å². The van der Waals surface area contributed by atoms with Crippen LogP contribution in [-0.4, -0.2) is 48.5 Å². The summed E-state index contributed by atoms with van der Waals surface area (Å²) in [6, 6.07) is 0. The van der Waals surface area contributed by atoms with Gasteiger partial charge in [0.2, 0.25) is 5.91 Å². The van der Waals surface area contributed by atoms with Crippen LogP contribution in [0.15, 0.2) is 0 Å². The Bertz CT molecular complexity index is 301. The molecule has 1 amide bonds. The van der Waals surface area contributed by atoms with Crippen molar-refractivity contribution >= 4 is 17.8 Å². The Labute approximate surface area is 107 Å². The lowest BCUT2D eigenvalue weighted by molar-refractivity contribution is -0.152. The largest absolute Gasteiger partial charge is 0.466 e. The number of ether oxygens (including phenoxy) is 2. The van der Waals surface area contributed by atoms with Gasteiger partial charge in [-0.2, -0.15) is 0 Å². The summed E-state index contributed by atoms with van der Waals surface area (Å²) in [4.78, 5) is 34.6. The van der Waals surface area contributed by atoms with Gasteiger partial charge in [-0.3, -0.25) is 14.4 Å². The van der Waals surface area contributed by atoms with Crippen LogP contribution in [0.25, 0.3) is 0 Å². The van der Waals surface area contributed by atoms with Crippen LogP contribution >= 0.6 is 0 Å². The third-order valence-electron chi connectivity index (χ3n) is 2.01. The molecule has 0 fully saturated rings. The molecule has 104 valence electrons. The summed E-state index contributed by atoms with van der Waals surface area (Å²) in [5, 5.41) is 0. The maximum absolute atomic E-state index is 11.4. The molecule has 0 aromatic rings. The second-order valence-corrected chi connectivity index (χ2v) is 4.17. The van der Waals surface area contributed by atoms with Gasteiger partial charge in [0.15, 0.2) is 0 Å². The fraction of sp³-hybridized carbons (Fsp3) is 0.750. The van der Waals surface area contributed by atoms with E-state index in [1.165, 1.54) is 18.7 Å². The Morgan fingerprint density at radius 1 is 1.17 bits per heavy atom. The number of esters is 2. The first-order valence-corrected chi connectivity index (χ1v) is 5.91. The van der Waals surface area contributed by atoms with E-state index in [-0.39, 0.29) is 31.1 Å². The van der Waals surface area contributed by atoms with Gasteiger partial charge in [-0.1, -0.05) is 0 Å². The summed E-state index contributed by atoms with van der Waals surface area (Å²) in [5.41, 5.74) is 0. The molecule has 0 saturated carbocycles. The lowest BCUT2D eigenvalue weighted by atomic mass is 10.3. The molecule has 0 aliphatic carbocycles. The molecule has 0 heterocycles. The van der Waals surface area contributed by atoms with Gasteiger partial charge in [-0.25, -0.2) is 0 Å². The first-order valence-electron chi connectivity index (χ1n) is 5.91. The van der Waals surface area contributed by atoms with E-state index in [9.17, 15) is 14.4 Å². The van der Waals surface area contributed by atoms with Crippen LogP contribution in [0.2, 0.25) is 0 Å². The van der Waals surface area contributed by atoms with Gasteiger partial charge in [0.25, 0.3) is 0 Å². The molecule has 18 heavy (non-hydrogen) atoms. The number of nitrogens with zero attached hydrogens (tertiary/aromatic N) is 1. The Kier molecular flexibility index (Phi) is 7.74. The van der Waals surface area contributed by atoms with Crippen molar-refractivity contribution in [1.29, 1.82) is 0 Å². The van der Waals surface area contributed by atoms with Gasteiger partial charge in [-0.05, 0) is 20.3 Å². The highest BCUT2D eigenvalue weighted by atomic mass is 16.5. The van der Waals surface area contributed by atoms with Crippen molar-refractivity contribution in [1.82, 2.24) is 4.90 Å². The SMILES string of the molecule is CC(=O)OCCCN(CC(=O)OC(C)C)C(C)=O. The lowest BCUT2D eigenvalue weighted by Crippen LogP contribution is -2.36. The van der Waals surface area contributed by atoms with Crippen molar-refractivity contribution in [2.45, 2.75) is 40.2 Å². The fourth-order valence-corrected chi connectivity index (χ4v) is 1.28. The zero-order valence-corrected chi connectivity index (χ0v) is 11.4. The highest BCUT2D eigenvalue weighted by Crippen LogP contribution is 1.97. The zero-order chi connectivity index (χ0) is 14.1. The standard InChI is InChI=1S/C12H21NO5/c1-9(2)18-12(16)8-13(10(3)14)6-5-7-17-11(4)15/h9H,5-8H2,1-4H3. The smallest absolute Gasteiger partial charge is 0.325 e. The lowest BCUT2D eigenvalue weighted by Gasteiger charge is -2.20. The number of carbonyl (C=O) groups excluding carboxylic acids is 3. The maximum Gasteiger partial charge on any atom is 0.325 e. The van der Waals surface area contributed by atoms with Crippen molar-refractivity contribution < 1.29 is 23.9 Å². The Balaban J connectivity index is 4.03. The Morgan fingerprint density at radius 3 is 2.22 bits per heavy atom. The first kappa shape index (κ1) is 16.4. The molecule has 0 aromatic heterocycles. The summed E-state index contributed by atoms with van der Waals surface area (Å²) >= 11 is 0. The summed E-state index contributed by atoms with van der Waals surface area (Å²) < 4.78 is 9.71. The number of amides is 1. The van der Waals surface area contributed by atoms with Gasteiger partial charge in [0, 0.05) is 20.4 Å². The molecule has 6 nitrogen and oxygen atoms in total. The summed E-state index contributed by atoms with van der Waals surface area (Å²) in [7, 11) is 0. The molecule has 0 aromatic carbocycles. The van der Waals surface area contributed by atoms with Crippen molar-refractivity contribution in [2.75, 3.05) is 19.7 Å². The highest BCUT2D eigenvalue weighted by Gasteiger charge is 2.15.